The first-order valence-corrected chi connectivity index (χ1v) is 8.64. The van der Waals surface area contributed by atoms with E-state index in [0.717, 1.165) is 5.56 Å². The smallest absolute Gasteiger partial charge is 0.295 e. The number of aliphatic hydroxyl groups excluding tert-OH is 1. The molecule has 0 aromatic heterocycles. The zero-order chi connectivity index (χ0) is 19.6. The van der Waals surface area contributed by atoms with Gasteiger partial charge in [0.2, 0.25) is 0 Å². The molecular formula is C21H21FN2O3. The number of ketones is 1. The van der Waals surface area contributed by atoms with Gasteiger partial charge in [-0.05, 0) is 43.9 Å². The standard InChI is InChI=1S/C21H21FN2O3/c1-23(2)12-13-24-18(14-6-4-3-5-7-14)17(20(26)21(24)27)19(25)15-8-10-16(22)11-9-15/h3-11,18,25H,12-13H2,1-2H3/t18-/m1/s1. The molecule has 1 heterocycles. The topological polar surface area (TPSA) is 60.9 Å². The van der Waals surface area contributed by atoms with Crippen LogP contribution in [0.5, 0.6) is 0 Å². The van der Waals surface area contributed by atoms with Crippen LogP contribution in [-0.2, 0) is 9.59 Å². The summed E-state index contributed by atoms with van der Waals surface area (Å²) in [6, 6.07) is 13.6. The summed E-state index contributed by atoms with van der Waals surface area (Å²) < 4.78 is 13.2. The lowest BCUT2D eigenvalue weighted by Gasteiger charge is -2.26. The summed E-state index contributed by atoms with van der Waals surface area (Å²) in [5.41, 5.74) is 1.05. The Balaban J connectivity index is 2.12. The van der Waals surface area contributed by atoms with Crippen molar-refractivity contribution in [3.8, 4) is 0 Å². The Bertz CT molecular complexity index is 876. The first-order chi connectivity index (χ1) is 12.9. The van der Waals surface area contributed by atoms with Crippen LogP contribution >= 0.6 is 0 Å². The molecule has 1 aliphatic rings. The molecule has 1 saturated heterocycles. The first-order valence-electron chi connectivity index (χ1n) is 8.64. The quantitative estimate of drug-likeness (QED) is 0.501. The molecule has 0 radical (unpaired) electrons. The molecule has 0 bridgehead atoms. The molecule has 1 aliphatic heterocycles. The number of rotatable bonds is 5. The SMILES string of the molecule is CN(C)CCN1C(=O)C(=O)C(=C(O)c2ccc(F)cc2)[C@H]1c1ccccc1. The normalized spacial score (nSPS) is 19.1. The maximum Gasteiger partial charge on any atom is 0.295 e. The van der Waals surface area contributed by atoms with Gasteiger partial charge < -0.3 is 14.9 Å². The molecule has 1 amide bonds. The summed E-state index contributed by atoms with van der Waals surface area (Å²) in [5, 5.41) is 10.8. The number of halogens is 1. The monoisotopic (exact) mass is 368 g/mol. The van der Waals surface area contributed by atoms with Crippen LogP contribution in [-0.4, -0.2) is 53.8 Å². The number of carbonyl (C=O) groups is 2. The number of Topliss-reactive ketones (excluding diaryl/α,β-unsaturated/α-hetero) is 1. The zero-order valence-electron chi connectivity index (χ0n) is 15.2. The molecule has 0 spiro atoms. The van der Waals surface area contributed by atoms with Crippen molar-refractivity contribution in [2.75, 3.05) is 27.2 Å². The van der Waals surface area contributed by atoms with E-state index in [2.05, 4.69) is 0 Å². The molecule has 1 N–H and O–H groups in total. The molecule has 6 heteroatoms. The lowest BCUT2D eigenvalue weighted by atomic mass is 9.95. The third-order valence-electron chi connectivity index (χ3n) is 4.56. The Morgan fingerprint density at radius 1 is 1.07 bits per heavy atom. The van der Waals surface area contributed by atoms with Gasteiger partial charge in [0.25, 0.3) is 11.7 Å². The van der Waals surface area contributed by atoms with Gasteiger partial charge in [0.1, 0.15) is 11.6 Å². The highest BCUT2D eigenvalue weighted by Gasteiger charge is 2.45. The Morgan fingerprint density at radius 3 is 2.30 bits per heavy atom. The van der Waals surface area contributed by atoms with Crippen LogP contribution in [0.2, 0.25) is 0 Å². The number of amides is 1. The molecule has 27 heavy (non-hydrogen) atoms. The van der Waals surface area contributed by atoms with Crippen LogP contribution in [0.4, 0.5) is 4.39 Å². The van der Waals surface area contributed by atoms with Crippen molar-refractivity contribution in [3.05, 3.63) is 77.1 Å². The molecule has 2 aromatic rings. The average molecular weight is 368 g/mol. The fourth-order valence-corrected chi connectivity index (χ4v) is 3.16. The summed E-state index contributed by atoms with van der Waals surface area (Å²) in [4.78, 5) is 28.8. The molecule has 1 fully saturated rings. The van der Waals surface area contributed by atoms with Crippen LogP contribution in [0.3, 0.4) is 0 Å². The van der Waals surface area contributed by atoms with Gasteiger partial charge in [-0.3, -0.25) is 9.59 Å². The molecule has 0 saturated carbocycles. The highest BCUT2D eigenvalue weighted by Crippen LogP contribution is 2.39. The fourth-order valence-electron chi connectivity index (χ4n) is 3.16. The summed E-state index contributed by atoms with van der Waals surface area (Å²) in [6.45, 7) is 0.921. The highest BCUT2D eigenvalue weighted by atomic mass is 19.1. The van der Waals surface area contributed by atoms with E-state index in [4.69, 9.17) is 0 Å². The van der Waals surface area contributed by atoms with Crippen molar-refractivity contribution in [3.63, 3.8) is 0 Å². The predicted molar refractivity (Wildman–Crippen MR) is 100 cm³/mol. The van der Waals surface area contributed by atoms with Crippen LogP contribution in [0.15, 0.2) is 60.2 Å². The van der Waals surface area contributed by atoms with Crippen LogP contribution in [0, 0.1) is 5.82 Å². The second kappa shape index (κ2) is 7.72. The average Bonchev–Trinajstić information content (AvgIpc) is 2.91. The van der Waals surface area contributed by atoms with E-state index in [-0.39, 0.29) is 11.3 Å². The summed E-state index contributed by atoms with van der Waals surface area (Å²) in [5.74, 6) is -2.12. The van der Waals surface area contributed by atoms with E-state index in [1.165, 1.54) is 29.2 Å². The van der Waals surface area contributed by atoms with Gasteiger partial charge >= 0.3 is 0 Å². The number of carbonyl (C=O) groups excluding carboxylic acids is 2. The van der Waals surface area contributed by atoms with Crippen LogP contribution in [0.25, 0.3) is 5.76 Å². The number of hydrogen-bond donors (Lipinski definition) is 1. The maximum atomic E-state index is 13.2. The van der Waals surface area contributed by atoms with Crippen molar-refractivity contribution in [1.29, 1.82) is 0 Å². The minimum Gasteiger partial charge on any atom is -0.507 e. The highest BCUT2D eigenvalue weighted by molar-refractivity contribution is 6.46. The van der Waals surface area contributed by atoms with Gasteiger partial charge in [-0.15, -0.1) is 0 Å². The van der Waals surface area contributed by atoms with Gasteiger partial charge in [0.15, 0.2) is 0 Å². The molecule has 2 aromatic carbocycles. The molecule has 0 unspecified atom stereocenters. The van der Waals surface area contributed by atoms with E-state index in [1.807, 2.05) is 49.3 Å². The van der Waals surface area contributed by atoms with Gasteiger partial charge in [0, 0.05) is 18.7 Å². The second-order valence-corrected chi connectivity index (χ2v) is 6.71. The number of hydrogen-bond acceptors (Lipinski definition) is 4. The first kappa shape index (κ1) is 18.8. The van der Waals surface area contributed by atoms with E-state index >= 15 is 0 Å². The van der Waals surface area contributed by atoms with Crippen molar-refractivity contribution in [1.82, 2.24) is 9.80 Å². The number of nitrogens with zero attached hydrogens (tertiary/aromatic N) is 2. The Kier molecular flexibility index (Phi) is 5.37. The number of benzene rings is 2. The van der Waals surface area contributed by atoms with E-state index in [1.54, 1.807) is 0 Å². The van der Waals surface area contributed by atoms with Crippen LogP contribution < -0.4 is 0 Å². The molecule has 3 rings (SSSR count). The molecular weight excluding hydrogens is 347 g/mol. The van der Waals surface area contributed by atoms with Gasteiger partial charge in [0.05, 0.1) is 11.6 Å². The predicted octanol–water partition coefficient (Wildman–Crippen LogP) is 2.81. The van der Waals surface area contributed by atoms with Gasteiger partial charge in [-0.25, -0.2) is 4.39 Å². The third kappa shape index (κ3) is 3.75. The second-order valence-electron chi connectivity index (χ2n) is 6.71. The lowest BCUT2D eigenvalue weighted by molar-refractivity contribution is -0.140. The molecule has 140 valence electrons. The number of likely N-dealkylation sites (N-methyl/N-ethyl adjacent to an activating group) is 1. The lowest BCUT2D eigenvalue weighted by Crippen LogP contribution is -2.35. The molecule has 0 aliphatic carbocycles. The largest absolute Gasteiger partial charge is 0.507 e. The Morgan fingerprint density at radius 2 is 1.70 bits per heavy atom. The van der Waals surface area contributed by atoms with Gasteiger partial charge in [-0.2, -0.15) is 0 Å². The molecule has 5 nitrogen and oxygen atoms in total. The van der Waals surface area contributed by atoms with Crippen LogP contribution in [0.1, 0.15) is 17.2 Å². The minimum atomic E-state index is -0.732. The fraction of sp³-hybridized carbons (Fsp3) is 0.238. The maximum absolute atomic E-state index is 13.2. The van der Waals surface area contributed by atoms with E-state index in [0.29, 0.717) is 18.7 Å². The minimum absolute atomic E-state index is 0.0246. The molecule has 1 atom stereocenters. The Hall–Kier alpha value is -2.99. The Labute approximate surface area is 157 Å². The van der Waals surface area contributed by atoms with Crippen molar-refractivity contribution >= 4 is 17.4 Å². The summed E-state index contributed by atoms with van der Waals surface area (Å²) in [7, 11) is 3.76. The van der Waals surface area contributed by atoms with E-state index in [9.17, 15) is 19.1 Å². The summed E-state index contributed by atoms with van der Waals surface area (Å²) >= 11 is 0. The number of aliphatic hydroxyl groups is 1. The van der Waals surface area contributed by atoms with Crippen molar-refractivity contribution < 1.29 is 19.1 Å². The zero-order valence-corrected chi connectivity index (χ0v) is 15.2. The number of likely N-dealkylation sites (tertiary alicyclic amines) is 1. The summed E-state index contributed by atoms with van der Waals surface area (Å²) in [6.07, 6.45) is 0. The van der Waals surface area contributed by atoms with Crippen molar-refractivity contribution in [2.45, 2.75) is 6.04 Å². The van der Waals surface area contributed by atoms with Gasteiger partial charge in [-0.1, -0.05) is 30.3 Å². The van der Waals surface area contributed by atoms with E-state index < -0.39 is 23.5 Å². The van der Waals surface area contributed by atoms with Crippen molar-refractivity contribution in [2.24, 2.45) is 0 Å². The third-order valence-corrected chi connectivity index (χ3v) is 4.56.